The molecule has 0 aliphatic carbocycles. The van der Waals surface area contributed by atoms with E-state index in [1.807, 2.05) is 18.2 Å². The lowest BCUT2D eigenvalue weighted by atomic mass is 10.1. The van der Waals surface area contributed by atoms with Gasteiger partial charge in [0, 0.05) is 19.3 Å². The quantitative estimate of drug-likeness (QED) is 0.923. The van der Waals surface area contributed by atoms with Crippen LogP contribution in [-0.4, -0.2) is 18.9 Å². The molecular weight excluding hydrogens is 256 g/mol. The molecule has 0 fully saturated rings. The topological polar surface area (TPSA) is 62.6 Å². The predicted octanol–water partition coefficient (Wildman–Crippen LogP) is 1.73. The molecule has 3 rings (SSSR count). The van der Waals surface area contributed by atoms with E-state index in [0.29, 0.717) is 18.7 Å². The normalized spacial score (nSPS) is 13.4. The van der Waals surface area contributed by atoms with E-state index in [4.69, 9.17) is 4.42 Å². The number of amides is 2. The number of furan rings is 1. The molecule has 5 heteroatoms. The Hall–Kier alpha value is -2.56. The van der Waals surface area contributed by atoms with Gasteiger partial charge in [-0.2, -0.15) is 0 Å². The molecule has 2 amide bonds. The van der Waals surface area contributed by atoms with Gasteiger partial charge in [0.05, 0.1) is 12.7 Å². The predicted molar refractivity (Wildman–Crippen MR) is 73.4 cm³/mol. The largest absolute Gasteiger partial charge is 0.459 e. The molecule has 102 valence electrons. The van der Waals surface area contributed by atoms with E-state index in [1.54, 1.807) is 24.1 Å². The molecular formula is C15H14N2O3. The number of likely N-dealkylation sites (N-methyl/N-ethyl adjacent to an activating group) is 1. The summed E-state index contributed by atoms with van der Waals surface area (Å²) in [6.45, 7) is 0.407. The Morgan fingerprint density at radius 3 is 3.00 bits per heavy atom. The Morgan fingerprint density at radius 1 is 1.40 bits per heavy atom. The minimum atomic E-state index is -0.247. The molecule has 0 unspecified atom stereocenters. The second-order valence-corrected chi connectivity index (χ2v) is 4.75. The van der Waals surface area contributed by atoms with Crippen molar-refractivity contribution in [3.8, 4) is 0 Å². The number of benzene rings is 1. The van der Waals surface area contributed by atoms with Crippen LogP contribution in [0.15, 0.2) is 41.0 Å². The Morgan fingerprint density at radius 2 is 2.25 bits per heavy atom. The Bertz CT molecular complexity index is 662. The summed E-state index contributed by atoms with van der Waals surface area (Å²) in [4.78, 5) is 25.0. The van der Waals surface area contributed by atoms with Crippen LogP contribution in [0.3, 0.4) is 0 Å². The van der Waals surface area contributed by atoms with Gasteiger partial charge in [-0.25, -0.2) is 0 Å². The highest BCUT2D eigenvalue weighted by Gasteiger charge is 2.23. The molecule has 0 radical (unpaired) electrons. The van der Waals surface area contributed by atoms with Gasteiger partial charge in [0.1, 0.15) is 0 Å². The smallest absolute Gasteiger partial charge is 0.287 e. The summed E-state index contributed by atoms with van der Waals surface area (Å²) in [7, 11) is 1.77. The lowest BCUT2D eigenvalue weighted by Gasteiger charge is -2.10. The van der Waals surface area contributed by atoms with Gasteiger partial charge in [-0.05, 0) is 29.3 Å². The number of nitrogens with one attached hydrogen (secondary N) is 1. The second-order valence-electron chi connectivity index (χ2n) is 4.75. The molecule has 5 nitrogen and oxygen atoms in total. The van der Waals surface area contributed by atoms with Gasteiger partial charge in [0.2, 0.25) is 5.91 Å². The zero-order chi connectivity index (χ0) is 14.1. The highest BCUT2D eigenvalue weighted by molar-refractivity contribution is 6.01. The zero-order valence-electron chi connectivity index (χ0n) is 11.1. The first kappa shape index (κ1) is 12.5. The van der Waals surface area contributed by atoms with E-state index in [0.717, 1.165) is 16.8 Å². The lowest BCUT2D eigenvalue weighted by Crippen LogP contribution is -2.22. The third-order valence-corrected chi connectivity index (χ3v) is 3.42. The number of hydrogen-bond acceptors (Lipinski definition) is 3. The van der Waals surface area contributed by atoms with Crippen molar-refractivity contribution in [2.45, 2.75) is 13.0 Å². The fourth-order valence-corrected chi connectivity index (χ4v) is 2.31. The average molecular weight is 270 g/mol. The maximum Gasteiger partial charge on any atom is 0.287 e. The molecule has 1 aromatic carbocycles. The molecule has 1 aromatic heterocycles. The SMILES string of the molecule is CN1C(=O)Cc2cc(CNC(=O)c3ccco3)ccc21. The standard InChI is InChI=1S/C15H14N2O3/c1-17-12-5-4-10(7-11(12)8-14(17)18)9-16-15(19)13-3-2-6-20-13/h2-7H,8-9H2,1H3,(H,16,19). The zero-order valence-corrected chi connectivity index (χ0v) is 11.1. The molecule has 0 saturated heterocycles. The Kier molecular flexibility index (Phi) is 3.02. The van der Waals surface area contributed by atoms with Crippen LogP contribution in [0.1, 0.15) is 21.7 Å². The van der Waals surface area contributed by atoms with E-state index in [2.05, 4.69) is 5.32 Å². The van der Waals surface area contributed by atoms with Crippen LogP contribution in [0.4, 0.5) is 5.69 Å². The van der Waals surface area contributed by atoms with Crippen LogP contribution in [0.2, 0.25) is 0 Å². The van der Waals surface area contributed by atoms with Gasteiger partial charge >= 0.3 is 0 Å². The average Bonchev–Trinajstić information content (AvgIpc) is 3.06. The van der Waals surface area contributed by atoms with Crippen molar-refractivity contribution in [2.75, 3.05) is 11.9 Å². The van der Waals surface area contributed by atoms with E-state index in [-0.39, 0.29) is 11.8 Å². The summed E-state index contributed by atoms with van der Waals surface area (Å²) in [6, 6.07) is 9.07. The summed E-state index contributed by atoms with van der Waals surface area (Å²) in [5, 5.41) is 2.78. The van der Waals surface area contributed by atoms with Gasteiger partial charge in [0.25, 0.3) is 5.91 Å². The van der Waals surface area contributed by atoms with Gasteiger partial charge in [-0.3, -0.25) is 9.59 Å². The maximum absolute atomic E-state index is 11.7. The van der Waals surface area contributed by atoms with Gasteiger partial charge < -0.3 is 14.6 Å². The first-order valence-corrected chi connectivity index (χ1v) is 6.35. The number of rotatable bonds is 3. The van der Waals surface area contributed by atoms with Crippen molar-refractivity contribution in [3.05, 3.63) is 53.5 Å². The Labute approximate surface area is 116 Å². The molecule has 0 atom stereocenters. The number of carbonyl (C=O) groups is 2. The number of anilines is 1. The molecule has 2 heterocycles. The lowest BCUT2D eigenvalue weighted by molar-refractivity contribution is -0.117. The van der Waals surface area contributed by atoms with Gasteiger partial charge in [0.15, 0.2) is 5.76 Å². The summed E-state index contributed by atoms with van der Waals surface area (Å²) in [5.74, 6) is 0.140. The van der Waals surface area contributed by atoms with Crippen molar-refractivity contribution < 1.29 is 14.0 Å². The van der Waals surface area contributed by atoms with E-state index < -0.39 is 0 Å². The summed E-state index contributed by atoms with van der Waals surface area (Å²) in [5.41, 5.74) is 2.91. The van der Waals surface area contributed by atoms with Gasteiger partial charge in [-0.1, -0.05) is 12.1 Å². The van der Waals surface area contributed by atoms with Crippen molar-refractivity contribution >= 4 is 17.5 Å². The van der Waals surface area contributed by atoms with Crippen molar-refractivity contribution in [1.29, 1.82) is 0 Å². The van der Waals surface area contributed by atoms with Crippen LogP contribution in [0.5, 0.6) is 0 Å². The highest BCUT2D eigenvalue weighted by Crippen LogP contribution is 2.28. The van der Waals surface area contributed by atoms with Crippen molar-refractivity contribution in [2.24, 2.45) is 0 Å². The molecule has 0 spiro atoms. The van der Waals surface area contributed by atoms with E-state index in [1.165, 1.54) is 6.26 Å². The first-order chi connectivity index (χ1) is 9.65. The molecule has 0 saturated carbocycles. The first-order valence-electron chi connectivity index (χ1n) is 6.35. The molecule has 0 bridgehead atoms. The minimum Gasteiger partial charge on any atom is -0.459 e. The van der Waals surface area contributed by atoms with E-state index in [9.17, 15) is 9.59 Å². The molecule has 20 heavy (non-hydrogen) atoms. The highest BCUT2D eigenvalue weighted by atomic mass is 16.3. The van der Waals surface area contributed by atoms with Crippen molar-refractivity contribution in [1.82, 2.24) is 5.32 Å². The van der Waals surface area contributed by atoms with Crippen LogP contribution in [-0.2, 0) is 17.8 Å². The minimum absolute atomic E-state index is 0.0942. The fourth-order valence-electron chi connectivity index (χ4n) is 2.31. The van der Waals surface area contributed by atoms with Crippen LogP contribution in [0, 0.1) is 0 Å². The van der Waals surface area contributed by atoms with E-state index >= 15 is 0 Å². The molecule has 2 aromatic rings. The maximum atomic E-state index is 11.7. The van der Waals surface area contributed by atoms with Crippen LogP contribution < -0.4 is 10.2 Å². The number of fused-ring (bicyclic) bond motifs is 1. The van der Waals surface area contributed by atoms with Crippen LogP contribution >= 0.6 is 0 Å². The third kappa shape index (κ3) is 2.18. The summed E-state index contributed by atoms with van der Waals surface area (Å²) in [6.07, 6.45) is 1.89. The van der Waals surface area contributed by atoms with Crippen LogP contribution in [0.25, 0.3) is 0 Å². The number of carbonyl (C=O) groups excluding carboxylic acids is 2. The third-order valence-electron chi connectivity index (χ3n) is 3.42. The molecule has 1 N–H and O–H groups in total. The monoisotopic (exact) mass is 270 g/mol. The number of nitrogens with zero attached hydrogens (tertiary/aromatic N) is 1. The summed E-state index contributed by atoms with van der Waals surface area (Å²) >= 11 is 0. The second kappa shape index (κ2) is 4.85. The summed E-state index contributed by atoms with van der Waals surface area (Å²) < 4.78 is 5.02. The Balaban J connectivity index is 1.69. The fraction of sp³-hybridized carbons (Fsp3) is 0.200. The molecule has 1 aliphatic heterocycles. The molecule has 1 aliphatic rings. The van der Waals surface area contributed by atoms with Gasteiger partial charge in [-0.15, -0.1) is 0 Å². The van der Waals surface area contributed by atoms with Crippen molar-refractivity contribution in [3.63, 3.8) is 0 Å². The number of hydrogen-bond donors (Lipinski definition) is 1.